The maximum absolute atomic E-state index is 9.12. The van der Waals surface area contributed by atoms with Crippen molar-refractivity contribution in [1.29, 1.82) is 0 Å². The van der Waals surface area contributed by atoms with E-state index in [0.29, 0.717) is 12.7 Å². The second-order valence-electron chi connectivity index (χ2n) is 4.09. The molecule has 0 aromatic heterocycles. The third kappa shape index (κ3) is 8.52. The molecule has 0 amide bonds. The van der Waals surface area contributed by atoms with Crippen molar-refractivity contribution >= 4 is 0 Å². The molecule has 0 radical (unpaired) electrons. The van der Waals surface area contributed by atoms with Gasteiger partial charge >= 0.3 is 0 Å². The summed E-state index contributed by atoms with van der Waals surface area (Å²) in [6.07, 6.45) is 7.26. The molecular weight excluding hydrogens is 176 g/mol. The molecule has 0 saturated heterocycles. The first-order chi connectivity index (χ1) is 6.70. The smallest absolute Gasteiger partial charge is 0.0745 e. The molecule has 0 aliphatic rings. The molecule has 0 heterocycles. The molecule has 0 bridgehead atoms. The van der Waals surface area contributed by atoms with Gasteiger partial charge in [-0.1, -0.05) is 39.5 Å². The molecule has 2 heteroatoms. The highest BCUT2D eigenvalue weighted by Gasteiger charge is 2.08. The second kappa shape index (κ2) is 9.47. The van der Waals surface area contributed by atoms with Gasteiger partial charge in [0.05, 0.1) is 18.8 Å². The van der Waals surface area contributed by atoms with Crippen molar-refractivity contribution in [3.8, 4) is 0 Å². The normalized spacial score (nSPS) is 15.4. The molecule has 0 aliphatic heterocycles. The molecule has 2 nitrogen and oxygen atoms in total. The summed E-state index contributed by atoms with van der Waals surface area (Å²) < 4.78 is 5.64. The molecule has 0 spiro atoms. The van der Waals surface area contributed by atoms with Crippen molar-refractivity contribution in [2.75, 3.05) is 6.61 Å². The fourth-order valence-corrected chi connectivity index (χ4v) is 1.53. The fourth-order valence-electron chi connectivity index (χ4n) is 1.53. The highest BCUT2D eigenvalue weighted by Crippen LogP contribution is 2.12. The van der Waals surface area contributed by atoms with Crippen LogP contribution < -0.4 is 0 Å². The lowest BCUT2D eigenvalue weighted by Gasteiger charge is -2.18. The summed E-state index contributed by atoms with van der Waals surface area (Å²) in [6.45, 7) is 6.65. The molecule has 0 rings (SSSR count). The van der Waals surface area contributed by atoms with Crippen molar-refractivity contribution < 1.29 is 9.84 Å². The third-order valence-electron chi connectivity index (χ3n) is 2.31. The number of rotatable bonds is 9. The molecule has 1 N–H and O–H groups in total. The number of hydrogen-bond acceptors (Lipinski definition) is 2. The zero-order valence-electron chi connectivity index (χ0n) is 9.96. The molecule has 0 aromatic carbocycles. The van der Waals surface area contributed by atoms with Crippen LogP contribution >= 0.6 is 0 Å². The molecule has 0 aliphatic carbocycles. The van der Waals surface area contributed by atoms with Gasteiger partial charge in [-0.2, -0.15) is 0 Å². The Bertz CT molecular complexity index is 113. The zero-order chi connectivity index (χ0) is 10.8. The van der Waals surface area contributed by atoms with E-state index in [2.05, 4.69) is 13.8 Å². The second-order valence-corrected chi connectivity index (χ2v) is 4.09. The molecule has 0 aromatic rings. The number of aliphatic hydroxyl groups is 1. The van der Waals surface area contributed by atoms with Gasteiger partial charge in [0, 0.05) is 0 Å². The van der Waals surface area contributed by atoms with Crippen LogP contribution in [0.15, 0.2) is 0 Å². The van der Waals surface area contributed by atoms with Crippen LogP contribution in [0.1, 0.15) is 59.3 Å². The lowest BCUT2D eigenvalue weighted by Crippen LogP contribution is -2.19. The lowest BCUT2D eigenvalue weighted by atomic mass is 10.1. The number of unbranched alkanes of at least 4 members (excludes halogenated alkanes) is 2. The Labute approximate surface area is 88.7 Å². The monoisotopic (exact) mass is 202 g/mol. The maximum atomic E-state index is 9.12. The van der Waals surface area contributed by atoms with Gasteiger partial charge in [-0.3, -0.25) is 0 Å². The molecule has 2 atom stereocenters. The van der Waals surface area contributed by atoms with Crippen LogP contribution in [-0.2, 0) is 4.74 Å². The standard InChI is InChI=1S/C12H26O2/c1-4-6-7-9-12(8-5-2)14-10-11(3)13/h11-13H,4-10H2,1-3H3. The van der Waals surface area contributed by atoms with Gasteiger partial charge in [0.2, 0.25) is 0 Å². The summed E-state index contributed by atoms with van der Waals surface area (Å²) in [7, 11) is 0. The molecular formula is C12H26O2. The van der Waals surface area contributed by atoms with Crippen molar-refractivity contribution in [3.05, 3.63) is 0 Å². The summed E-state index contributed by atoms with van der Waals surface area (Å²) >= 11 is 0. The van der Waals surface area contributed by atoms with Gasteiger partial charge < -0.3 is 9.84 Å². The van der Waals surface area contributed by atoms with Crippen LogP contribution in [0.5, 0.6) is 0 Å². The molecule has 0 saturated carbocycles. The van der Waals surface area contributed by atoms with E-state index >= 15 is 0 Å². The Morgan fingerprint density at radius 3 is 2.29 bits per heavy atom. The van der Waals surface area contributed by atoms with E-state index in [-0.39, 0.29) is 6.10 Å². The third-order valence-corrected chi connectivity index (χ3v) is 2.31. The van der Waals surface area contributed by atoms with E-state index in [1.807, 2.05) is 0 Å². The minimum atomic E-state index is -0.333. The van der Waals surface area contributed by atoms with E-state index in [9.17, 15) is 0 Å². The van der Waals surface area contributed by atoms with Crippen LogP contribution in [-0.4, -0.2) is 23.9 Å². The molecule has 2 unspecified atom stereocenters. The van der Waals surface area contributed by atoms with Crippen LogP contribution in [0.4, 0.5) is 0 Å². The van der Waals surface area contributed by atoms with Crippen molar-refractivity contribution in [2.45, 2.75) is 71.5 Å². The summed E-state index contributed by atoms with van der Waals surface area (Å²) in [5, 5.41) is 9.12. The predicted molar refractivity (Wildman–Crippen MR) is 60.5 cm³/mol. The van der Waals surface area contributed by atoms with Gasteiger partial charge in [-0.25, -0.2) is 0 Å². The van der Waals surface area contributed by atoms with Crippen molar-refractivity contribution in [1.82, 2.24) is 0 Å². The van der Waals surface area contributed by atoms with E-state index in [0.717, 1.165) is 19.3 Å². The summed E-state index contributed by atoms with van der Waals surface area (Å²) in [5.41, 5.74) is 0. The molecule has 86 valence electrons. The fraction of sp³-hybridized carbons (Fsp3) is 1.00. The number of ether oxygens (including phenoxy) is 1. The minimum Gasteiger partial charge on any atom is -0.391 e. The van der Waals surface area contributed by atoms with Gasteiger partial charge in [0.15, 0.2) is 0 Å². The maximum Gasteiger partial charge on any atom is 0.0745 e. The summed E-state index contributed by atoms with van der Waals surface area (Å²) in [6, 6.07) is 0. The lowest BCUT2D eigenvalue weighted by molar-refractivity contribution is -0.0110. The number of hydrogen-bond donors (Lipinski definition) is 1. The van der Waals surface area contributed by atoms with Crippen LogP contribution in [0.3, 0.4) is 0 Å². The first-order valence-electron chi connectivity index (χ1n) is 6.00. The van der Waals surface area contributed by atoms with E-state index in [4.69, 9.17) is 9.84 Å². The Morgan fingerprint density at radius 1 is 1.07 bits per heavy atom. The predicted octanol–water partition coefficient (Wildman–Crippen LogP) is 3.13. The SMILES string of the molecule is CCCCCC(CCC)OCC(C)O. The number of aliphatic hydroxyl groups excluding tert-OH is 1. The van der Waals surface area contributed by atoms with Crippen molar-refractivity contribution in [3.63, 3.8) is 0 Å². The van der Waals surface area contributed by atoms with Crippen LogP contribution in [0.2, 0.25) is 0 Å². The van der Waals surface area contributed by atoms with Crippen molar-refractivity contribution in [2.24, 2.45) is 0 Å². The Morgan fingerprint density at radius 2 is 1.79 bits per heavy atom. The Balaban J connectivity index is 3.54. The minimum absolute atomic E-state index is 0.333. The van der Waals surface area contributed by atoms with Gasteiger partial charge in [0.25, 0.3) is 0 Å². The highest BCUT2D eigenvalue weighted by atomic mass is 16.5. The van der Waals surface area contributed by atoms with Gasteiger partial charge in [-0.05, 0) is 19.8 Å². The average molecular weight is 202 g/mol. The zero-order valence-corrected chi connectivity index (χ0v) is 9.96. The topological polar surface area (TPSA) is 29.5 Å². The summed E-state index contributed by atoms with van der Waals surface area (Å²) in [5.74, 6) is 0. The van der Waals surface area contributed by atoms with Crippen LogP contribution in [0, 0.1) is 0 Å². The first-order valence-corrected chi connectivity index (χ1v) is 6.00. The van der Waals surface area contributed by atoms with Gasteiger partial charge in [0.1, 0.15) is 0 Å². The molecule has 0 fully saturated rings. The quantitative estimate of drug-likeness (QED) is 0.582. The Kier molecular flexibility index (Phi) is 9.42. The largest absolute Gasteiger partial charge is 0.391 e. The van der Waals surface area contributed by atoms with Crippen LogP contribution in [0.25, 0.3) is 0 Å². The van der Waals surface area contributed by atoms with E-state index in [1.165, 1.54) is 19.3 Å². The highest BCUT2D eigenvalue weighted by molar-refractivity contribution is 4.59. The van der Waals surface area contributed by atoms with Gasteiger partial charge in [-0.15, -0.1) is 0 Å². The van der Waals surface area contributed by atoms with E-state index in [1.54, 1.807) is 6.92 Å². The Hall–Kier alpha value is -0.0800. The average Bonchev–Trinajstić information content (AvgIpc) is 2.14. The first kappa shape index (κ1) is 13.9. The summed E-state index contributed by atoms with van der Waals surface area (Å²) in [4.78, 5) is 0. The molecule has 14 heavy (non-hydrogen) atoms. The van der Waals surface area contributed by atoms with E-state index < -0.39 is 0 Å².